The van der Waals surface area contributed by atoms with Gasteiger partial charge in [0.2, 0.25) is 5.91 Å². The quantitative estimate of drug-likeness (QED) is 0.374. The van der Waals surface area contributed by atoms with Gasteiger partial charge in [-0.05, 0) is 38.0 Å². The molecule has 1 saturated heterocycles. The predicted molar refractivity (Wildman–Crippen MR) is 125 cm³/mol. The Hall–Kier alpha value is -2.52. The highest BCUT2D eigenvalue weighted by Crippen LogP contribution is 2.25. The summed E-state index contributed by atoms with van der Waals surface area (Å²) in [5, 5.41) is 3.76. The summed E-state index contributed by atoms with van der Waals surface area (Å²) in [5.41, 5.74) is 0.609. The minimum absolute atomic E-state index is 0.0130. The third-order valence-electron chi connectivity index (χ3n) is 5.46. The lowest BCUT2D eigenvalue weighted by Crippen LogP contribution is -2.54. The van der Waals surface area contributed by atoms with Crippen LogP contribution in [0.3, 0.4) is 0 Å². The standard InChI is InChI=1S/C22H26ClN5O3S/c1-14-12-27(8-9-28(14)21(30)15-4-3-5-17(10-15)31-2)19-11-18(23)25-22(26-19)32-13-20(29)24-16-6-7-16/h3-5,10-11,14,16H,6-9,12-13H2,1-2H3,(H,24,29). The number of thioether (sulfide) groups is 1. The minimum atomic E-state index is -0.0188. The molecule has 1 atom stereocenters. The maximum absolute atomic E-state index is 13.0. The second-order valence-corrected chi connectivity index (χ2v) is 9.32. The van der Waals surface area contributed by atoms with E-state index in [1.807, 2.05) is 24.0 Å². The van der Waals surface area contributed by atoms with Crippen LogP contribution < -0.4 is 15.0 Å². The summed E-state index contributed by atoms with van der Waals surface area (Å²) >= 11 is 7.51. The Morgan fingerprint density at radius 1 is 1.25 bits per heavy atom. The van der Waals surface area contributed by atoms with E-state index in [0.717, 1.165) is 12.8 Å². The fraction of sp³-hybridized carbons (Fsp3) is 0.455. The predicted octanol–water partition coefficient (Wildman–Crippen LogP) is 2.86. The number of halogens is 1. The number of nitrogens with zero attached hydrogens (tertiary/aromatic N) is 4. The first-order valence-corrected chi connectivity index (χ1v) is 12.0. The number of benzene rings is 1. The van der Waals surface area contributed by atoms with E-state index in [2.05, 4.69) is 20.2 Å². The van der Waals surface area contributed by atoms with Crippen molar-refractivity contribution in [2.24, 2.45) is 0 Å². The smallest absolute Gasteiger partial charge is 0.254 e. The maximum Gasteiger partial charge on any atom is 0.254 e. The molecule has 10 heteroatoms. The Bertz CT molecular complexity index is 1000. The van der Waals surface area contributed by atoms with Gasteiger partial charge >= 0.3 is 0 Å². The van der Waals surface area contributed by atoms with E-state index in [1.165, 1.54) is 11.8 Å². The van der Waals surface area contributed by atoms with Crippen LogP contribution in [-0.2, 0) is 4.79 Å². The number of carbonyl (C=O) groups is 2. The van der Waals surface area contributed by atoms with Crippen LogP contribution in [0, 0.1) is 0 Å². The highest BCUT2D eigenvalue weighted by molar-refractivity contribution is 7.99. The summed E-state index contributed by atoms with van der Waals surface area (Å²) in [6.07, 6.45) is 2.11. The number of piperazine rings is 1. The second-order valence-electron chi connectivity index (χ2n) is 7.99. The molecule has 1 aromatic heterocycles. The molecule has 4 rings (SSSR count). The van der Waals surface area contributed by atoms with Crippen molar-refractivity contribution in [1.82, 2.24) is 20.2 Å². The first kappa shape index (κ1) is 22.7. The summed E-state index contributed by atoms with van der Waals surface area (Å²) in [6, 6.07) is 9.24. The van der Waals surface area contributed by atoms with Gasteiger partial charge in [-0.2, -0.15) is 0 Å². The van der Waals surface area contributed by atoms with Crippen LogP contribution in [0.4, 0.5) is 5.82 Å². The summed E-state index contributed by atoms with van der Waals surface area (Å²) in [6.45, 7) is 3.82. The number of aromatic nitrogens is 2. The number of rotatable bonds is 7. The van der Waals surface area contributed by atoms with E-state index >= 15 is 0 Å². The van der Waals surface area contributed by atoms with E-state index < -0.39 is 0 Å². The Labute approximate surface area is 196 Å². The van der Waals surface area contributed by atoms with Crippen LogP contribution in [0.5, 0.6) is 5.75 Å². The number of hydrogen-bond donors (Lipinski definition) is 1. The molecule has 0 spiro atoms. The van der Waals surface area contributed by atoms with Gasteiger partial charge in [0.15, 0.2) is 5.16 Å². The van der Waals surface area contributed by atoms with Crippen LogP contribution in [0.1, 0.15) is 30.1 Å². The van der Waals surface area contributed by atoms with Gasteiger partial charge in [0, 0.05) is 43.3 Å². The van der Waals surface area contributed by atoms with E-state index in [0.29, 0.717) is 53.1 Å². The molecule has 2 aliphatic rings. The molecule has 2 fully saturated rings. The Morgan fingerprint density at radius 2 is 2.06 bits per heavy atom. The lowest BCUT2D eigenvalue weighted by atomic mass is 10.1. The molecule has 1 saturated carbocycles. The Balaban J connectivity index is 1.39. The highest BCUT2D eigenvalue weighted by Gasteiger charge is 2.29. The molecule has 1 aliphatic carbocycles. The van der Waals surface area contributed by atoms with Crippen molar-refractivity contribution in [3.05, 3.63) is 41.0 Å². The van der Waals surface area contributed by atoms with Crippen LogP contribution in [0.25, 0.3) is 0 Å². The van der Waals surface area contributed by atoms with E-state index in [4.69, 9.17) is 16.3 Å². The van der Waals surface area contributed by atoms with Crippen molar-refractivity contribution >= 4 is 41.0 Å². The lowest BCUT2D eigenvalue weighted by molar-refractivity contribution is -0.118. The average Bonchev–Trinajstić information content (AvgIpc) is 3.61. The van der Waals surface area contributed by atoms with Crippen LogP contribution in [0.2, 0.25) is 5.15 Å². The van der Waals surface area contributed by atoms with Crippen molar-refractivity contribution in [3.8, 4) is 5.75 Å². The molecular formula is C22H26ClN5O3S. The first-order chi connectivity index (χ1) is 15.4. The highest BCUT2D eigenvalue weighted by atomic mass is 35.5. The Morgan fingerprint density at radius 3 is 2.78 bits per heavy atom. The van der Waals surface area contributed by atoms with Crippen molar-refractivity contribution < 1.29 is 14.3 Å². The van der Waals surface area contributed by atoms with Gasteiger partial charge in [-0.15, -0.1) is 0 Å². The van der Waals surface area contributed by atoms with Gasteiger partial charge in [0.05, 0.1) is 12.9 Å². The zero-order chi connectivity index (χ0) is 22.7. The number of ether oxygens (including phenoxy) is 1. The number of anilines is 1. The van der Waals surface area contributed by atoms with Crippen molar-refractivity contribution in [2.45, 2.75) is 37.0 Å². The monoisotopic (exact) mass is 475 g/mol. The fourth-order valence-electron chi connectivity index (χ4n) is 3.63. The second kappa shape index (κ2) is 9.95. The normalized spacial score (nSPS) is 18.4. The van der Waals surface area contributed by atoms with Gasteiger partial charge in [-0.1, -0.05) is 29.4 Å². The van der Waals surface area contributed by atoms with Crippen LogP contribution in [-0.4, -0.2) is 71.3 Å². The maximum atomic E-state index is 13.0. The summed E-state index contributed by atoms with van der Waals surface area (Å²) in [7, 11) is 1.59. The van der Waals surface area contributed by atoms with Gasteiger partial charge in [-0.3, -0.25) is 9.59 Å². The molecule has 0 radical (unpaired) electrons. The Kier molecular flexibility index (Phi) is 7.05. The number of amides is 2. The largest absolute Gasteiger partial charge is 0.497 e. The molecule has 2 heterocycles. The third kappa shape index (κ3) is 5.63. The van der Waals surface area contributed by atoms with E-state index in [9.17, 15) is 9.59 Å². The topological polar surface area (TPSA) is 87.7 Å². The van der Waals surface area contributed by atoms with E-state index in [1.54, 1.807) is 25.3 Å². The number of carbonyl (C=O) groups excluding carboxylic acids is 2. The van der Waals surface area contributed by atoms with Crippen LogP contribution >= 0.6 is 23.4 Å². The van der Waals surface area contributed by atoms with Gasteiger partial charge in [0.1, 0.15) is 16.7 Å². The van der Waals surface area contributed by atoms with Crippen molar-refractivity contribution in [3.63, 3.8) is 0 Å². The molecule has 8 nitrogen and oxygen atoms in total. The van der Waals surface area contributed by atoms with Crippen molar-refractivity contribution in [1.29, 1.82) is 0 Å². The molecule has 1 aliphatic heterocycles. The molecule has 170 valence electrons. The number of nitrogens with one attached hydrogen (secondary N) is 1. The molecule has 1 unspecified atom stereocenters. The SMILES string of the molecule is COc1cccc(C(=O)N2CCN(c3cc(Cl)nc(SCC(=O)NC4CC4)n3)CC2C)c1. The summed E-state index contributed by atoms with van der Waals surface area (Å²) in [4.78, 5) is 37.8. The molecular weight excluding hydrogens is 450 g/mol. The zero-order valence-electron chi connectivity index (χ0n) is 18.1. The van der Waals surface area contributed by atoms with Crippen molar-refractivity contribution in [2.75, 3.05) is 37.4 Å². The zero-order valence-corrected chi connectivity index (χ0v) is 19.7. The van der Waals surface area contributed by atoms with E-state index in [-0.39, 0.29) is 23.6 Å². The van der Waals surface area contributed by atoms with Gasteiger partial charge in [0.25, 0.3) is 5.91 Å². The molecule has 2 amide bonds. The number of methoxy groups -OCH3 is 1. The first-order valence-electron chi connectivity index (χ1n) is 10.6. The molecule has 1 aromatic carbocycles. The molecule has 0 bridgehead atoms. The average molecular weight is 476 g/mol. The van der Waals surface area contributed by atoms with Gasteiger partial charge < -0.3 is 19.9 Å². The number of hydrogen-bond acceptors (Lipinski definition) is 7. The minimum Gasteiger partial charge on any atom is -0.497 e. The summed E-state index contributed by atoms with van der Waals surface area (Å²) in [5.74, 6) is 1.59. The fourth-order valence-corrected chi connectivity index (χ4v) is 4.52. The molecule has 2 aromatic rings. The molecule has 32 heavy (non-hydrogen) atoms. The third-order valence-corrected chi connectivity index (χ3v) is 6.51. The van der Waals surface area contributed by atoms with Crippen LogP contribution in [0.15, 0.2) is 35.5 Å². The lowest BCUT2D eigenvalue weighted by Gasteiger charge is -2.40. The van der Waals surface area contributed by atoms with Gasteiger partial charge in [-0.25, -0.2) is 9.97 Å². The summed E-state index contributed by atoms with van der Waals surface area (Å²) < 4.78 is 5.24. The molecule has 1 N–H and O–H groups in total.